The van der Waals surface area contributed by atoms with Crippen molar-refractivity contribution in [2.45, 2.75) is 17.4 Å². The number of hydrogen-bond donors (Lipinski definition) is 0. The summed E-state index contributed by atoms with van der Waals surface area (Å²) in [5.41, 5.74) is 2.02. The van der Waals surface area contributed by atoms with Gasteiger partial charge in [-0.25, -0.2) is 4.98 Å². The average molecular weight is 329 g/mol. The summed E-state index contributed by atoms with van der Waals surface area (Å²) in [6, 6.07) is 17.8. The van der Waals surface area contributed by atoms with E-state index in [1.165, 1.54) is 4.70 Å². The third-order valence-electron chi connectivity index (χ3n) is 3.05. The van der Waals surface area contributed by atoms with Crippen molar-refractivity contribution in [3.05, 3.63) is 60.2 Å². The van der Waals surface area contributed by atoms with Crippen molar-refractivity contribution in [2.75, 3.05) is 5.75 Å². The van der Waals surface area contributed by atoms with E-state index in [9.17, 15) is 4.79 Å². The zero-order valence-corrected chi connectivity index (χ0v) is 13.5. The van der Waals surface area contributed by atoms with Gasteiger partial charge in [0.25, 0.3) is 0 Å². The fourth-order valence-electron chi connectivity index (χ4n) is 1.94. The smallest absolute Gasteiger partial charge is 0.306 e. The van der Waals surface area contributed by atoms with E-state index in [0.29, 0.717) is 18.8 Å². The maximum atomic E-state index is 11.7. The molecular formula is C17H15NO2S2. The zero-order valence-electron chi connectivity index (χ0n) is 11.9. The number of carbonyl (C=O) groups excluding carboxylic acids is 1. The van der Waals surface area contributed by atoms with Gasteiger partial charge in [-0.15, -0.1) is 11.3 Å². The number of ether oxygens (including phenoxy) is 1. The third-order valence-corrected chi connectivity index (χ3v) is 5.23. The number of hydrogen-bond acceptors (Lipinski definition) is 5. The van der Waals surface area contributed by atoms with Crippen molar-refractivity contribution in [1.82, 2.24) is 4.98 Å². The molecule has 112 valence electrons. The van der Waals surface area contributed by atoms with Gasteiger partial charge >= 0.3 is 5.97 Å². The van der Waals surface area contributed by atoms with Gasteiger partial charge in [-0.05, 0) is 17.7 Å². The Bertz CT molecular complexity index is 722. The molecule has 0 bridgehead atoms. The highest BCUT2D eigenvalue weighted by Crippen LogP contribution is 2.29. The van der Waals surface area contributed by atoms with Crippen LogP contribution in [-0.4, -0.2) is 16.7 Å². The van der Waals surface area contributed by atoms with Crippen LogP contribution in [0.2, 0.25) is 0 Å². The molecule has 0 spiro atoms. The first kappa shape index (κ1) is 15.1. The van der Waals surface area contributed by atoms with Crippen LogP contribution in [0.4, 0.5) is 0 Å². The van der Waals surface area contributed by atoms with Gasteiger partial charge in [0.15, 0.2) is 4.34 Å². The summed E-state index contributed by atoms with van der Waals surface area (Å²) in [6.45, 7) is 0.339. The molecule has 3 nitrogen and oxygen atoms in total. The molecule has 3 aromatic rings. The lowest BCUT2D eigenvalue weighted by atomic mass is 10.2. The Morgan fingerprint density at radius 1 is 1.09 bits per heavy atom. The zero-order chi connectivity index (χ0) is 15.2. The quantitative estimate of drug-likeness (QED) is 0.492. The van der Waals surface area contributed by atoms with E-state index in [-0.39, 0.29) is 5.97 Å². The molecule has 1 heterocycles. The molecule has 22 heavy (non-hydrogen) atoms. The molecule has 0 saturated heterocycles. The first-order valence-electron chi connectivity index (χ1n) is 6.99. The highest BCUT2D eigenvalue weighted by Gasteiger charge is 2.07. The van der Waals surface area contributed by atoms with Crippen molar-refractivity contribution in [3.63, 3.8) is 0 Å². The molecule has 0 unspecified atom stereocenters. The minimum atomic E-state index is -0.169. The highest BCUT2D eigenvalue weighted by atomic mass is 32.2. The summed E-state index contributed by atoms with van der Waals surface area (Å²) in [4.78, 5) is 16.3. The first-order valence-corrected chi connectivity index (χ1v) is 8.79. The van der Waals surface area contributed by atoms with Gasteiger partial charge in [0.1, 0.15) is 6.61 Å². The number of aromatic nitrogens is 1. The normalized spacial score (nSPS) is 10.7. The van der Waals surface area contributed by atoms with Crippen LogP contribution in [-0.2, 0) is 16.1 Å². The number of thioether (sulfide) groups is 1. The number of nitrogens with zero attached hydrogens (tertiary/aromatic N) is 1. The van der Waals surface area contributed by atoms with Crippen molar-refractivity contribution < 1.29 is 9.53 Å². The standard InChI is InChI=1S/C17H15NO2S2/c19-16(20-12-13-6-2-1-3-7-13)10-11-21-17-18-14-8-4-5-9-15(14)22-17/h1-9H,10-12H2. The van der Waals surface area contributed by atoms with Gasteiger partial charge in [-0.3, -0.25) is 4.79 Å². The van der Waals surface area contributed by atoms with Crippen molar-refractivity contribution in [2.24, 2.45) is 0 Å². The Labute approximate surface area is 137 Å². The molecule has 0 aliphatic carbocycles. The molecule has 1 aromatic heterocycles. The lowest BCUT2D eigenvalue weighted by Gasteiger charge is -2.04. The van der Waals surface area contributed by atoms with Crippen molar-refractivity contribution in [3.8, 4) is 0 Å². The van der Waals surface area contributed by atoms with Gasteiger partial charge < -0.3 is 4.74 Å². The molecule has 2 aromatic carbocycles. The summed E-state index contributed by atoms with van der Waals surface area (Å²) in [7, 11) is 0. The SMILES string of the molecule is O=C(CCSc1nc2ccccc2s1)OCc1ccccc1. The number of rotatable bonds is 6. The van der Waals surface area contributed by atoms with E-state index in [1.807, 2.05) is 48.5 Å². The van der Waals surface area contributed by atoms with Crippen LogP contribution in [0.15, 0.2) is 58.9 Å². The fraction of sp³-hybridized carbons (Fsp3) is 0.176. The van der Waals surface area contributed by atoms with Crippen LogP contribution in [0.3, 0.4) is 0 Å². The van der Waals surface area contributed by atoms with Crippen LogP contribution >= 0.6 is 23.1 Å². The largest absolute Gasteiger partial charge is 0.461 e. The molecule has 0 atom stereocenters. The second-order valence-electron chi connectivity index (χ2n) is 4.69. The summed E-state index contributed by atoms with van der Waals surface area (Å²) in [5, 5.41) is 0. The molecule has 0 amide bonds. The average Bonchev–Trinajstić information content (AvgIpc) is 2.96. The fourth-order valence-corrected chi connectivity index (χ4v) is 4.00. The van der Waals surface area contributed by atoms with E-state index in [2.05, 4.69) is 11.1 Å². The minimum Gasteiger partial charge on any atom is -0.461 e. The molecule has 0 N–H and O–H groups in total. The van der Waals surface area contributed by atoms with E-state index < -0.39 is 0 Å². The van der Waals surface area contributed by atoms with E-state index in [4.69, 9.17) is 4.74 Å². The van der Waals surface area contributed by atoms with Gasteiger partial charge in [-0.1, -0.05) is 54.2 Å². The second kappa shape index (κ2) is 7.42. The molecule has 0 saturated carbocycles. The number of thiazole rings is 1. The van der Waals surface area contributed by atoms with Crippen molar-refractivity contribution >= 4 is 39.3 Å². The van der Waals surface area contributed by atoms with Gasteiger partial charge in [0, 0.05) is 5.75 Å². The number of benzene rings is 2. The minimum absolute atomic E-state index is 0.169. The van der Waals surface area contributed by atoms with Gasteiger partial charge in [0.05, 0.1) is 16.6 Å². The number of para-hydroxylation sites is 1. The first-order chi connectivity index (χ1) is 10.8. The second-order valence-corrected chi connectivity index (χ2v) is 7.06. The third kappa shape index (κ3) is 4.08. The Balaban J connectivity index is 1.43. The molecule has 0 fully saturated rings. The number of fused-ring (bicyclic) bond motifs is 1. The lowest BCUT2D eigenvalue weighted by Crippen LogP contribution is -2.05. The monoisotopic (exact) mass is 329 g/mol. The summed E-state index contributed by atoms with van der Waals surface area (Å²) >= 11 is 3.26. The summed E-state index contributed by atoms with van der Waals surface area (Å²) in [5.74, 6) is 0.519. The maximum Gasteiger partial charge on any atom is 0.306 e. The van der Waals surface area contributed by atoms with E-state index in [0.717, 1.165) is 15.4 Å². The lowest BCUT2D eigenvalue weighted by molar-refractivity contribution is -0.144. The predicted octanol–water partition coefficient (Wildman–Crippen LogP) is 4.52. The molecule has 0 radical (unpaired) electrons. The van der Waals surface area contributed by atoms with Gasteiger partial charge in [-0.2, -0.15) is 0 Å². The van der Waals surface area contributed by atoms with Crippen LogP contribution in [0.1, 0.15) is 12.0 Å². The highest BCUT2D eigenvalue weighted by molar-refractivity contribution is 8.01. The van der Waals surface area contributed by atoms with Crippen molar-refractivity contribution in [1.29, 1.82) is 0 Å². The Morgan fingerprint density at radius 3 is 2.68 bits per heavy atom. The predicted molar refractivity (Wildman–Crippen MR) is 91.2 cm³/mol. The summed E-state index contributed by atoms with van der Waals surface area (Å²) < 4.78 is 7.43. The van der Waals surface area contributed by atoms with Crippen LogP contribution in [0.5, 0.6) is 0 Å². The number of carbonyl (C=O) groups is 1. The Hall–Kier alpha value is -1.85. The Kier molecular flexibility index (Phi) is 5.08. The molecule has 0 aliphatic rings. The summed E-state index contributed by atoms with van der Waals surface area (Å²) in [6.07, 6.45) is 0.396. The molecule has 3 rings (SSSR count). The molecule has 5 heteroatoms. The van der Waals surface area contributed by atoms with Crippen LogP contribution in [0.25, 0.3) is 10.2 Å². The Morgan fingerprint density at radius 2 is 1.86 bits per heavy atom. The molecular weight excluding hydrogens is 314 g/mol. The maximum absolute atomic E-state index is 11.7. The molecule has 0 aliphatic heterocycles. The van der Waals surface area contributed by atoms with E-state index >= 15 is 0 Å². The van der Waals surface area contributed by atoms with E-state index in [1.54, 1.807) is 23.1 Å². The van der Waals surface area contributed by atoms with Crippen LogP contribution < -0.4 is 0 Å². The topological polar surface area (TPSA) is 39.2 Å². The van der Waals surface area contributed by atoms with Crippen LogP contribution in [0, 0.1) is 0 Å². The number of esters is 1. The van der Waals surface area contributed by atoms with Gasteiger partial charge in [0.2, 0.25) is 0 Å².